The van der Waals surface area contributed by atoms with Crippen LogP contribution in [0, 0.1) is 0 Å². The Morgan fingerprint density at radius 2 is 2.05 bits per heavy atom. The highest BCUT2D eigenvalue weighted by atomic mass is 16.6. The van der Waals surface area contributed by atoms with Crippen molar-refractivity contribution in [2.24, 2.45) is 5.73 Å². The fourth-order valence-corrected chi connectivity index (χ4v) is 1.75. The van der Waals surface area contributed by atoms with E-state index in [2.05, 4.69) is 5.32 Å². The largest absolute Gasteiger partial charge is 0.497 e. The van der Waals surface area contributed by atoms with Gasteiger partial charge in [0.05, 0.1) is 7.11 Å². The van der Waals surface area contributed by atoms with Crippen LogP contribution in [0.4, 0.5) is 10.5 Å². The first kappa shape index (κ1) is 16.3. The average Bonchev–Trinajstić information content (AvgIpc) is 2.28. The van der Waals surface area contributed by atoms with Crippen LogP contribution >= 0.6 is 0 Å². The summed E-state index contributed by atoms with van der Waals surface area (Å²) in [6.45, 7) is 7.38. The van der Waals surface area contributed by atoms with Gasteiger partial charge in [-0.1, -0.05) is 0 Å². The highest BCUT2D eigenvalue weighted by Crippen LogP contribution is 2.24. The number of benzene rings is 1. The molecule has 1 aromatic rings. The number of rotatable bonds is 4. The molecule has 20 heavy (non-hydrogen) atoms. The quantitative estimate of drug-likeness (QED) is 0.889. The minimum absolute atomic E-state index is 0.0127. The van der Waals surface area contributed by atoms with E-state index in [9.17, 15) is 4.79 Å². The maximum Gasteiger partial charge on any atom is 0.412 e. The van der Waals surface area contributed by atoms with E-state index in [1.54, 1.807) is 19.2 Å². The number of nitrogens with two attached hydrogens (primary N) is 1. The molecule has 0 bridgehead atoms. The Morgan fingerprint density at radius 3 is 2.55 bits per heavy atom. The summed E-state index contributed by atoms with van der Waals surface area (Å²) in [4.78, 5) is 11.8. The monoisotopic (exact) mass is 280 g/mol. The number of amides is 1. The fraction of sp³-hybridized carbons (Fsp3) is 0.533. The normalized spacial score (nSPS) is 12.7. The van der Waals surface area contributed by atoms with Crippen LogP contribution < -0.4 is 15.8 Å². The van der Waals surface area contributed by atoms with E-state index in [0.29, 0.717) is 12.1 Å². The zero-order chi connectivity index (χ0) is 15.3. The lowest BCUT2D eigenvalue weighted by atomic mass is 10.1. The van der Waals surface area contributed by atoms with Gasteiger partial charge >= 0.3 is 6.09 Å². The van der Waals surface area contributed by atoms with Gasteiger partial charge in [-0.25, -0.2) is 4.79 Å². The van der Waals surface area contributed by atoms with E-state index < -0.39 is 11.7 Å². The van der Waals surface area contributed by atoms with Crippen molar-refractivity contribution in [2.75, 3.05) is 12.4 Å². The molecule has 1 aromatic carbocycles. The standard InChI is InChI=1S/C15H24N2O3/c1-10(16)8-11-9-12(19-5)6-7-13(11)17-14(18)20-15(2,3)4/h6-7,9-10H,8,16H2,1-5H3,(H,17,18)/t10-/m0/s1. The Morgan fingerprint density at radius 1 is 1.40 bits per heavy atom. The van der Waals surface area contributed by atoms with Crippen molar-refractivity contribution in [1.82, 2.24) is 0 Å². The van der Waals surface area contributed by atoms with Gasteiger partial charge in [-0.05, 0) is 57.9 Å². The Balaban J connectivity index is 2.90. The topological polar surface area (TPSA) is 73.6 Å². The van der Waals surface area contributed by atoms with Gasteiger partial charge < -0.3 is 15.2 Å². The summed E-state index contributed by atoms with van der Waals surface area (Å²) in [7, 11) is 1.60. The number of anilines is 1. The zero-order valence-electron chi connectivity index (χ0n) is 12.8. The number of methoxy groups -OCH3 is 1. The molecule has 0 aromatic heterocycles. The van der Waals surface area contributed by atoms with Crippen molar-refractivity contribution >= 4 is 11.8 Å². The van der Waals surface area contributed by atoms with Gasteiger partial charge in [0, 0.05) is 11.7 Å². The second-order valence-electron chi connectivity index (χ2n) is 5.83. The van der Waals surface area contributed by atoms with E-state index in [-0.39, 0.29) is 6.04 Å². The fourth-order valence-electron chi connectivity index (χ4n) is 1.75. The second-order valence-corrected chi connectivity index (χ2v) is 5.83. The molecular formula is C15H24N2O3. The third-order valence-corrected chi connectivity index (χ3v) is 2.49. The van der Waals surface area contributed by atoms with Crippen molar-refractivity contribution < 1.29 is 14.3 Å². The van der Waals surface area contributed by atoms with E-state index in [0.717, 1.165) is 11.3 Å². The van der Waals surface area contributed by atoms with Crippen molar-refractivity contribution in [3.8, 4) is 5.75 Å². The Kier molecular flexibility index (Phi) is 5.39. The maximum atomic E-state index is 11.8. The lowest BCUT2D eigenvalue weighted by Gasteiger charge is -2.21. The summed E-state index contributed by atoms with van der Waals surface area (Å²) >= 11 is 0. The zero-order valence-corrected chi connectivity index (χ0v) is 12.8. The molecule has 0 radical (unpaired) electrons. The lowest BCUT2D eigenvalue weighted by molar-refractivity contribution is 0.0635. The van der Waals surface area contributed by atoms with Crippen molar-refractivity contribution in [1.29, 1.82) is 0 Å². The number of carbonyl (C=O) groups excluding carboxylic acids is 1. The molecule has 0 fully saturated rings. The van der Waals surface area contributed by atoms with E-state index in [4.69, 9.17) is 15.2 Å². The summed E-state index contributed by atoms with van der Waals surface area (Å²) in [5, 5.41) is 2.75. The third kappa shape index (κ3) is 5.48. The molecule has 0 saturated carbocycles. The summed E-state index contributed by atoms with van der Waals surface area (Å²) in [5.74, 6) is 0.732. The van der Waals surface area contributed by atoms with Crippen LogP contribution in [0.5, 0.6) is 5.75 Å². The van der Waals surface area contributed by atoms with Crippen LogP contribution in [0.25, 0.3) is 0 Å². The number of hydrogen-bond donors (Lipinski definition) is 2. The molecule has 112 valence electrons. The molecule has 1 rings (SSSR count). The van der Waals surface area contributed by atoms with Crippen LogP contribution in [0.2, 0.25) is 0 Å². The van der Waals surface area contributed by atoms with Gasteiger partial charge in [-0.15, -0.1) is 0 Å². The van der Waals surface area contributed by atoms with Gasteiger partial charge in [-0.3, -0.25) is 5.32 Å². The van der Waals surface area contributed by atoms with Gasteiger partial charge in [0.15, 0.2) is 0 Å². The molecule has 0 spiro atoms. The number of hydrogen-bond acceptors (Lipinski definition) is 4. The van der Waals surface area contributed by atoms with E-state index in [1.165, 1.54) is 0 Å². The third-order valence-electron chi connectivity index (χ3n) is 2.49. The van der Waals surface area contributed by atoms with E-state index in [1.807, 2.05) is 33.8 Å². The summed E-state index contributed by atoms with van der Waals surface area (Å²) < 4.78 is 10.4. The molecule has 0 saturated heterocycles. The SMILES string of the molecule is COc1ccc(NC(=O)OC(C)(C)C)c(C[C@H](C)N)c1. The Bertz CT molecular complexity index is 465. The first-order valence-electron chi connectivity index (χ1n) is 6.64. The van der Waals surface area contributed by atoms with Crippen molar-refractivity contribution in [2.45, 2.75) is 45.8 Å². The molecule has 1 amide bonds. The average molecular weight is 280 g/mol. The van der Waals surface area contributed by atoms with Crippen LogP contribution in [0.3, 0.4) is 0 Å². The Hall–Kier alpha value is -1.75. The predicted octanol–water partition coefficient (Wildman–Crippen LogP) is 2.93. The molecule has 0 aliphatic heterocycles. The number of carbonyl (C=O) groups is 1. The molecule has 0 aliphatic carbocycles. The van der Waals surface area contributed by atoms with Crippen molar-refractivity contribution in [3.05, 3.63) is 23.8 Å². The minimum atomic E-state index is -0.530. The second kappa shape index (κ2) is 6.61. The first-order valence-corrected chi connectivity index (χ1v) is 6.64. The molecule has 1 atom stereocenters. The van der Waals surface area contributed by atoms with Crippen molar-refractivity contribution in [3.63, 3.8) is 0 Å². The van der Waals surface area contributed by atoms with Gasteiger partial charge in [0.25, 0.3) is 0 Å². The molecule has 3 N–H and O–H groups in total. The van der Waals surface area contributed by atoms with Crippen LogP contribution in [0.15, 0.2) is 18.2 Å². The summed E-state index contributed by atoms with van der Waals surface area (Å²) in [6.07, 6.45) is 0.163. The predicted molar refractivity (Wildman–Crippen MR) is 80.2 cm³/mol. The number of nitrogens with one attached hydrogen (secondary N) is 1. The number of ether oxygens (including phenoxy) is 2. The summed E-state index contributed by atoms with van der Waals surface area (Å²) in [6, 6.07) is 5.44. The minimum Gasteiger partial charge on any atom is -0.497 e. The van der Waals surface area contributed by atoms with Crippen LogP contribution in [-0.4, -0.2) is 24.8 Å². The first-order chi connectivity index (χ1) is 9.21. The summed E-state index contributed by atoms with van der Waals surface area (Å²) in [5.41, 5.74) is 6.92. The lowest BCUT2D eigenvalue weighted by Crippen LogP contribution is -2.28. The molecule has 0 aliphatic rings. The molecular weight excluding hydrogens is 256 g/mol. The molecule has 5 heteroatoms. The molecule has 0 unspecified atom stereocenters. The highest BCUT2D eigenvalue weighted by Gasteiger charge is 2.17. The van der Waals surface area contributed by atoms with Crippen LogP contribution in [0.1, 0.15) is 33.3 Å². The van der Waals surface area contributed by atoms with Crippen LogP contribution in [-0.2, 0) is 11.2 Å². The molecule has 5 nitrogen and oxygen atoms in total. The highest BCUT2D eigenvalue weighted by molar-refractivity contribution is 5.86. The van der Waals surface area contributed by atoms with Gasteiger partial charge in [0.2, 0.25) is 0 Å². The van der Waals surface area contributed by atoms with Gasteiger partial charge in [0.1, 0.15) is 11.4 Å². The Labute approximate surface area is 120 Å². The van der Waals surface area contributed by atoms with Gasteiger partial charge in [-0.2, -0.15) is 0 Å². The maximum absolute atomic E-state index is 11.8. The molecule has 0 heterocycles. The smallest absolute Gasteiger partial charge is 0.412 e. The van der Waals surface area contributed by atoms with E-state index >= 15 is 0 Å².